The molecular formula is C15H22N2O3S. The highest BCUT2D eigenvalue weighted by molar-refractivity contribution is 7.07. The molecule has 1 amide bonds. The van der Waals surface area contributed by atoms with Crippen LogP contribution in [0.5, 0.6) is 0 Å². The summed E-state index contributed by atoms with van der Waals surface area (Å²) in [5, 5.41) is 12.9. The summed E-state index contributed by atoms with van der Waals surface area (Å²) in [4.78, 5) is 26.9. The second kappa shape index (κ2) is 7.56. The van der Waals surface area contributed by atoms with Crippen LogP contribution in [0, 0.1) is 5.92 Å². The minimum Gasteiger partial charge on any atom is -0.481 e. The normalized spacial score (nSPS) is 19.4. The SMILES string of the molecule is CN(Cc1ccsc1)C(=O)CN1CCCC(CC(=O)O)C1. The molecule has 1 aromatic heterocycles. The zero-order valence-corrected chi connectivity index (χ0v) is 13.1. The minimum atomic E-state index is -0.747. The summed E-state index contributed by atoms with van der Waals surface area (Å²) in [5.41, 5.74) is 1.15. The van der Waals surface area contributed by atoms with Crippen LogP contribution in [-0.2, 0) is 16.1 Å². The van der Waals surface area contributed by atoms with Crippen LogP contribution in [0.2, 0.25) is 0 Å². The molecule has 0 aliphatic carbocycles. The van der Waals surface area contributed by atoms with E-state index < -0.39 is 5.97 Å². The van der Waals surface area contributed by atoms with Crippen molar-refractivity contribution in [2.45, 2.75) is 25.8 Å². The molecule has 6 heteroatoms. The molecule has 2 heterocycles. The standard InChI is InChI=1S/C15H22N2O3S/c1-16(8-13-4-6-21-11-13)14(18)10-17-5-2-3-12(9-17)7-15(19)20/h4,6,11-12H,2-3,5,7-10H2,1H3,(H,19,20). The Morgan fingerprint density at radius 3 is 3.00 bits per heavy atom. The van der Waals surface area contributed by atoms with Gasteiger partial charge in [0.25, 0.3) is 0 Å². The van der Waals surface area contributed by atoms with E-state index in [9.17, 15) is 9.59 Å². The highest BCUT2D eigenvalue weighted by Crippen LogP contribution is 2.19. The van der Waals surface area contributed by atoms with Gasteiger partial charge >= 0.3 is 5.97 Å². The van der Waals surface area contributed by atoms with Gasteiger partial charge in [-0.25, -0.2) is 0 Å². The fraction of sp³-hybridized carbons (Fsp3) is 0.600. The van der Waals surface area contributed by atoms with E-state index in [2.05, 4.69) is 4.90 Å². The number of carboxylic acid groups (broad SMARTS) is 1. The Labute approximate surface area is 129 Å². The smallest absolute Gasteiger partial charge is 0.303 e. The summed E-state index contributed by atoms with van der Waals surface area (Å²) in [6, 6.07) is 2.03. The highest BCUT2D eigenvalue weighted by atomic mass is 32.1. The number of amides is 1. The molecule has 0 bridgehead atoms. The Balaban J connectivity index is 1.79. The molecule has 1 aliphatic rings. The number of carbonyl (C=O) groups excluding carboxylic acids is 1. The first kappa shape index (κ1) is 16.0. The van der Waals surface area contributed by atoms with Gasteiger partial charge < -0.3 is 10.0 Å². The predicted octanol–water partition coefficient (Wildman–Crippen LogP) is 1.89. The molecule has 0 aromatic carbocycles. The number of likely N-dealkylation sites (N-methyl/N-ethyl adjacent to an activating group) is 1. The Bertz CT molecular complexity index is 475. The van der Waals surface area contributed by atoms with Gasteiger partial charge in [0.15, 0.2) is 0 Å². The third kappa shape index (κ3) is 5.13. The number of thiophene rings is 1. The van der Waals surface area contributed by atoms with E-state index in [1.165, 1.54) is 0 Å². The number of carboxylic acids is 1. The van der Waals surface area contributed by atoms with E-state index >= 15 is 0 Å². The fourth-order valence-electron chi connectivity index (χ4n) is 2.77. The van der Waals surface area contributed by atoms with Gasteiger partial charge in [0.05, 0.1) is 6.54 Å². The van der Waals surface area contributed by atoms with Crippen molar-refractivity contribution in [1.82, 2.24) is 9.80 Å². The largest absolute Gasteiger partial charge is 0.481 e. The Kier molecular flexibility index (Phi) is 5.76. The van der Waals surface area contributed by atoms with Crippen molar-refractivity contribution >= 4 is 23.2 Å². The Morgan fingerprint density at radius 2 is 2.33 bits per heavy atom. The number of rotatable bonds is 6. The topological polar surface area (TPSA) is 60.9 Å². The van der Waals surface area contributed by atoms with Gasteiger partial charge in [-0.05, 0) is 47.7 Å². The van der Waals surface area contributed by atoms with Crippen molar-refractivity contribution in [3.63, 3.8) is 0 Å². The number of hydrogen-bond donors (Lipinski definition) is 1. The van der Waals surface area contributed by atoms with Crippen molar-refractivity contribution in [1.29, 1.82) is 0 Å². The summed E-state index contributed by atoms with van der Waals surface area (Å²) in [7, 11) is 1.82. The van der Waals surface area contributed by atoms with Crippen LogP contribution in [0.15, 0.2) is 16.8 Å². The lowest BCUT2D eigenvalue weighted by Gasteiger charge is -2.32. The quantitative estimate of drug-likeness (QED) is 0.872. The van der Waals surface area contributed by atoms with Gasteiger partial charge in [0.2, 0.25) is 5.91 Å². The van der Waals surface area contributed by atoms with Gasteiger partial charge in [-0.2, -0.15) is 11.3 Å². The lowest BCUT2D eigenvalue weighted by Crippen LogP contribution is -2.43. The number of nitrogens with zero attached hydrogens (tertiary/aromatic N) is 2. The summed E-state index contributed by atoms with van der Waals surface area (Å²) >= 11 is 1.63. The molecule has 1 aliphatic heterocycles. The molecule has 0 spiro atoms. The maximum absolute atomic E-state index is 12.2. The number of carbonyl (C=O) groups is 2. The van der Waals surface area contributed by atoms with Crippen LogP contribution in [0.25, 0.3) is 0 Å². The first-order valence-electron chi connectivity index (χ1n) is 7.24. The van der Waals surface area contributed by atoms with Crippen LogP contribution in [0.4, 0.5) is 0 Å². The van der Waals surface area contributed by atoms with Crippen molar-refractivity contribution in [2.75, 3.05) is 26.7 Å². The maximum atomic E-state index is 12.2. The van der Waals surface area contributed by atoms with Crippen LogP contribution in [0.3, 0.4) is 0 Å². The monoisotopic (exact) mass is 310 g/mol. The molecule has 5 nitrogen and oxygen atoms in total. The first-order valence-corrected chi connectivity index (χ1v) is 8.18. The lowest BCUT2D eigenvalue weighted by molar-refractivity contribution is -0.138. The van der Waals surface area contributed by atoms with E-state index in [0.717, 1.165) is 24.9 Å². The highest BCUT2D eigenvalue weighted by Gasteiger charge is 2.24. The number of likely N-dealkylation sites (tertiary alicyclic amines) is 1. The number of aliphatic carboxylic acids is 1. The number of hydrogen-bond acceptors (Lipinski definition) is 4. The molecule has 2 rings (SSSR count). The summed E-state index contributed by atoms with van der Waals surface area (Å²) < 4.78 is 0. The van der Waals surface area contributed by atoms with Crippen molar-refractivity contribution < 1.29 is 14.7 Å². The summed E-state index contributed by atoms with van der Waals surface area (Å²) in [6.45, 7) is 2.62. The summed E-state index contributed by atoms with van der Waals surface area (Å²) in [6.07, 6.45) is 2.12. The average molecular weight is 310 g/mol. The first-order chi connectivity index (χ1) is 10.0. The maximum Gasteiger partial charge on any atom is 0.303 e. The molecule has 116 valence electrons. The lowest BCUT2D eigenvalue weighted by atomic mass is 9.95. The van der Waals surface area contributed by atoms with Crippen molar-refractivity contribution in [2.24, 2.45) is 5.92 Å². The average Bonchev–Trinajstić information content (AvgIpc) is 2.91. The van der Waals surface area contributed by atoms with Gasteiger partial charge in [0, 0.05) is 26.6 Å². The molecule has 1 atom stereocenters. The van der Waals surface area contributed by atoms with Crippen molar-refractivity contribution in [3.8, 4) is 0 Å². The second-order valence-electron chi connectivity index (χ2n) is 5.72. The van der Waals surface area contributed by atoms with E-state index in [-0.39, 0.29) is 18.2 Å². The molecular weight excluding hydrogens is 288 g/mol. The van der Waals surface area contributed by atoms with Gasteiger partial charge in [-0.15, -0.1) is 0 Å². The zero-order valence-electron chi connectivity index (χ0n) is 12.3. The molecule has 1 unspecified atom stereocenters. The molecule has 21 heavy (non-hydrogen) atoms. The predicted molar refractivity (Wildman–Crippen MR) is 82.2 cm³/mol. The van der Waals surface area contributed by atoms with Crippen LogP contribution >= 0.6 is 11.3 Å². The zero-order chi connectivity index (χ0) is 15.2. The summed E-state index contributed by atoms with van der Waals surface area (Å²) in [5.74, 6) is -0.480. The van der Waals surface area contributed by atoms with E-state index in [0.29, 0.717) is 19.6 Å². The van der Waals surface area contributed by atoms with E-state index in [1.807, 2.05) is 23.9 Å². The van der Waals surface area contributed by atoms with Gasteiger partial charge in [0.1, 0.15) is 0 Å². The van der Waals surface area contributed by atoms with Crippen molar-refractivity contribution in [3.05, 3.63) is 22.4 Å². The Morgan fingerprint density at radius 1 is 1.52 bits per heavy atom. The van der Waals surface area contributed by atoms with E-state index in [4.69, 9.17) is 5.11 Å². The molecule has 0 radical (unpaired) electrons. The van der Waals surface area contributed by atoms with Gasteiger partial charge in [-0.1, -0.05) is 0 Å². The Hall–Kier alpha value is -1.40. The fourth-order valence-corrected chi connectivity index (χ4v) is 3.42. The number of piperidine rings is 1. The molecule has 1 aromatic rings. The third-order valence-corrected chi connectivity index (χ3v) is 4.58. The van der Waals surface area contributed by atoms with Crippen LogP contribution in [0.1, 0.15) is 24.8 Å². The second-order valence-corrected chi connectivity index (χ2v) is 6.50. The molecule has 0 saturated carbocycles. The molecule has 1 fully saturated rings. The van der Waals surface area contributed by atoms with Gasteiger partial charge in [-0.3, -0.25) is 14.5 Å². The van der Waals surface area contributed by atoms with Crippen LogP contribution < -0.4 is 0 Å². The van der Waals surface area contributed by atoms with E-state index in [1.54, 1.807) is 16.2 Å². The van der Waals surface area contributed by atoms with Crippen LogP contribution in [-0.4, -0.2) is 53.5 Å². The molecule has 1 N–H and O–H groups in total. The third-order valence-electron chi connectivity index (χ3n) is 3.85. The molecule has 1 saturated heterocycles. The minimum absolute atomic E-state index is 0.0946.